The second-order valence-corrected chi connectivity index (χ2v) is 4.22. The highest BCUT2D eigenvalue weighted by Crippen LogP contribution is 2.21. The molecule has 3 heteroatoms. The van der Waals surface area contributed by atoms with E-state index in [9.17, 15) is 0 Å². The first-order chi connectivity index (χ1) is 9.33. The Kier molecular flexibility index (Phi) is 4.81. The van der Waals surface area contributed by atoms with Crippen LogP contribution in [0, 0.1) is 0 Å². The highest BCUT2D eigenvalue weighted by atomic mass is 16.5. The van der Waals surface area contributed by atoms with E-state index < -0.39 is 0 Å². The number of hydrogen-bond donors (Lipinski definition) is 1. The fraction of sp³-hybridized carbons (Fsp3) is 0.250. The molecule has 0 aliphatic rings. The van der Waals surface area contributed by atoms with E-state index in [0.29, 0.717) is 6.61 Å². The molecule has 19 heavy (non-hydrogen) atoms. The Morgan fingerprint density at radius 1 is 1.16 bits per heavy atom. The summed E-state index contributed by atoms with van der Waals surface area (Å²) >= 11 is 0. The quantitative estimate of drug-likeness (QED) is 0.858. The van der Waals surface area contributed by atoms with Gasteiger partial charge in [-0.3, -0.25) is 0 Å². The molecule has 0 aliphatic heterocycles. The van der Waals surface area contributed by atoms with Crippen molar-refractivity contribution in [3.8, 4) is 5.75 Å². The smallest absolute Gasteiger partial charge is 0.146 e. The maximum atomic E-state index is 5.80. The molecular formula is C16H19NO2. The number of rotatable bonds is 6. The van der Waals surface area contributed by atoms with Crippen LogP contribution in [0.5, 0.6) is 5.75 Å². The molecule has 0 aliphatic carbocycles. The van der Waals surface area contributed by atoms with Crippen molar-refractivity contribution in [2.45, 2.75) is 20.1 Å². The molecule has 100 valence electrons. The van der Waals surface area contributed by atoms with Crippen molar-refractivity contribution >= 4 is 6.08 Å². The first-order valence-corrected chi connectivity index (χ1v) is 6.40. The number of para-hydroxylation sites is 1. The molecule has 0 saturated carbocycles. The molecule has 0 bridgehead atoms. The maximum absolute atomic E-state index is 5.80. The van der Waals surface area contributed by atoms with E-state index >= 15 is 0 Å². The highest BCUT2D eigenvalue weighted by molar-refractivity contribution is 5.56. The second kappa shape index (κ2) is 6.81. The molecule has 3 nitrogen and oxygen atoms in total. The molecule has 0 atom stereocenters. The third-order valence-electron chi connectivity index (χ3n) is 2.70. The van der Waals surface area contributed by atoms with Gasteiger partial charge in [0.2, 0.25) is 0 Å². The summed E-state index contributed by atoms with van der Waals surface area (Å²) in [4.78, 5) is 0. The van der Waals surface area contributed by atoms with Crippen molar-refractivity contribution in [2.24, 2.45) is 0 Å². The van der Waals surface area contributed by atoms with Crippen molar-refractivity contribution in [1.82, 2.24) is 5.32 Å². The van der Waals surface area contributed by atoms with Gasteiger partial charge in [-0.1, -0.05) is 30.4 Å². The van der Waals surface area contributed by atoms with Gasteiger partial charge in [-0.2, -0.15) is 0 Å². The molecule has 0 spiro atoms. The molecular weight excluding hydrogens is 238 g/mol. The Balaban J connectivity index is 2.01. The normalized spacial score (nSPS) is 11.1. The number of furan rings is 1. The zero-order valence-corrected chi connectivity index (χ0v) is 11.3. The summed E-state index contributed by atoms with van der Waals surface area (Å²) in [5.41, 5.74) is 1.08. The molecule has 0 saturated heterocycles. The molecule has 0 amide bonds. The Labute approximate surface area is 113 Å². The van der Waals surface area contributed by atoms with Gasteiger partial charge < -0.3 is 14.5 Å². The van der Waals surface area contributed by atoms with Gasteiger partial charge in [0.05, 0.1) is 6.54 Å². The summed E-state index contributed by atoms with van der Waals surface area (Å²) in [7, 11) is 1.89. The van der Waals surface area contributed by atoms with Crippen molar-refractivity contribution in [2.75, 3.05) is 7.05 Å². The third-order valence-corrected chi connectivity index (χ3v) is 2.70. The Morgan fingerprint density at radius 3 is 2.74 bits per heavy atom. The van der Waals surface area contributed by atoms with Crippen LogP contribution in [0.4, 0.5) is 0 Å². The fourth-order valence-electron chi connectivity index (χ4n) is 1.85. The van der Waals surface area contributed by atoms with Crippen LogP contribution in [0.15, 0.2) is 46.9 Å². The van der Waals surface area contributed by atoms with Gasteiger partial charge >= 0.3 is 0 Å². The van der Waals surface area contributed by atoms with Crippen molar-refractivity contribution in [3.05, 3.63) is 59.6 Å². The Hall–Kier alpha value is -2.00. The predicted molar refractivity (Wildman–Crippen MR) is 77.0 cm³/mol. The van der Waals surface area contributed by atoms with Crippen LogP contribution < -0.4 is 10.1 Å². The first kappa shape index (κ1) is 13.4. The van der Waals surface area contributed by atoms with Crippen LogP contribution in [-0.2, 0) is 13.2 Å². The molecule has 0 fully saturated rings. The van der Waals surface area contributed by atoms with Crippen LogP contribution in [-0.4, -0.2) is 7.05 Å². The molecule has 1 N–H and O–H groups in total. The van der Waals surface area contributed by atoms with E-state index in [-0.39, 0.29) is 0 Å². The number of hydrogen-bond acceptors (Lipinski definition) is 3. The zero-order valence-electron chi connectivity index (χ0n) is 11.3. The molecule has 1 aromatic carbocycles. The summed E-state index contributed by atoms with van der Waals surface area (Å²) in [6.07, 6.45) is 4.03. The summed E-state index contributed by atoms with van der Waals surface area (Å²) in [5, 5.41) is 3.05. The lowest BCUT2D eigenvalue weighted by Gasteiger charge is -2.07. The lowest BCUT2D eigenvalue weighted by Crippen LogP contribution is -2.03. The SMILES string of the molecule is CC=Cc1ccccc1OCc1ccc(CNC)o1. The van der Waals surface area contributed by atoms with E-state index in [0.717, 1.165) is 29.4 Å². The lowest BCUT2D eigenvalue weighted by atomic mass is 10.2. The molecule has 2 aromatic rings. The summed E-state index contributed by atoms with van der Waals surface area (Å²) in [6.45, 7) is 3.17. The molecule has 1 aromatic heterocycles. The summed E-state index contributed by atoms with van der Waals surface area (Å²) < 4.78 is 11.4. The molecule has 2 rings (SSSR count). The van der Waals surface area contributed by atoms with Gasteiger partial charge in [-0.05, 0) is 32.2 Å². The minimum absolute atomic E-state index is 0.443. The fourth-order valence-corrected chi connectivity index (χ4v) is 1.85. The predicted octanol–water partition coefficient (Wildman–Crippen LogP) is 3.61. The van der Waals surface area contributed by atoms with Crippen molar-refractivity contribution in [3.63, 3.8) is 0 Å². The maximum Gasteiger partial charge on any atom is 0.146 e. The molecule has 0 unspecified atom stereocenters. The van der Waals surface area contributed by atoms with E-state index in [1.54, 1.807) is 0 Å². The average molecular weight is 257 g/mol. The minimum atomic E-state index is 0.443. The average Bonchev–Trinajstić information content (AvgIpc) is 2.86. The monoisotopic (exact) mass is 257 g/mol. The van der Waals surface area contributed by atoms with E-state index in [1.807, 2.05) is 62.5 Å². The van der Waals surface area contributed by atoms with Crippen LogP contribution >= 0.6 is 0 Å². The standard InChI is InChI=1S/C16H19NO2/c1-3-6-13-7-4-5-8-16(13)18-12-15-10-9-14(19-15)11-17-2/h3-10,17H,11-12H2,1-2H3. The second-order valence-electron chi connectivity index (χ2n) is 4.22. The van der Waals surface area contributed by atoms with E-state index in [4.69, 9.17) is 9.15 Å². The first-order valence-electron chi connectivity index (χ1n) is 6.40. The van der Waals surface area contributed by atoms with Gasteiger partial charge in [-0.25, -0.2) is 0 Å². The lowest BCUT2D eigenvalue weighted by molar-refractivity contribution is 0.265. The number of nitrogens with one attached hydrogen (secondary N) is 1. The number of benzene rings is 1. The Morgan fingerprint density at radius 2 is 1.95 bits per heavy atom. The number of ether oxygens (including phenoxy) is 1. The zero-order chi connectivity index (χ0) is 13.5. The summed E-state index contributed by atoms with van der Waals surface area (Å²) in [6, 6.07) is 11.9. The van der Waals surface area contributed by atoms with Crippen LogP contribution in [0.2, 0.25) is 0 Å². The number of allylic oxidation sites excluding steroid dienone is 1. The van der Waals surface area contributed by atoms with Gasteiger partial charge in [0.15, 0.2) is 0 Å². The topological polar surface area (TPSA) is 34.4 Å². The third kappa shape index (κ3) is 3.73. The van der Waals surface area contributed by atoms with E-state index in [2.05, 4.69) is 5.32 Å². The van der Waals surface area contributed by atoms with Crippen molar-refractivity contribution in [1.29, 1.82) is 0 Å². The van der Waals surface area contributed by atoms with Crippen LogP contribution in [0.25, 0.3) is 6.08 Å². The van der Waals surface area contributed by atoms with Gasteiger partial charge in [0.25, 0.3) is 0 Å². The van der Waals surface area contributed by atoms with Crippen LogP contribution in [0.1, 0.15) is 24.0 Å². The molecule has 0 radical (unpaired) electrons. The van der Waals surface area contributed by atoms with Gasteiger partial charge in [0.1, 0.15) is 23.9 Å². The summed E-state index contributed by atoms with van der Waals surface area (Å²) in [5.74, 6) is 2.62. The van der Waals surface area contributed by atoms with Gasteiger partial charge in [-0.15, -0.1) is 0 Å². The van der Waals surface area contributed by atoms with Gasteiger partial charge in [0, 0.05) is 5.56 Å². The van der Waals surface area contributed by atoms with Crippen molar-refractivity contribution < 1.29 is 9.15 Å². The Bertz CT molecular complexity index is 543. The highest BCUT2D eigenvalue weighted by Gasteiger charge is 2.04. The van der Waals surface area contributed by atoms with E-state index in [1.165, 1.54) is 0 Å². The molecule has 1 heterocycles. The minimum Gasteiger partial charge on any atom is -0.485 e. The largest absolute Gasteiger partial charge is 0.485 e. The van der Waals surface area contributed by atoms with Crippen LogP contribution in [0.3, 0.4) is 0 Å².